The average molecular weight is 208 g/mol. The fourth-order valence-corrected chi connectivity index (χ4v) is 1.08. The van der Waals surface area contributed by atoms with Crippen LogP contribution in [0.2, 0.25) is 0 Å². The molecule has 0 aromatic heterocycles. The highest BCUT2D eigenvalue weighted by molar-refractivity contribution is 5.48. The van der Waals surface area contributed by atoms with Gasteiger partial charge in [0, 0.05) is 7.11 Å². The summed E-state index contributed by atoms with van der Waals surface area (Å²) in [4.78, 5) is 0. The van der Waals surface area contributed by atoms with Crippen molar-refractivity contribution < 1.29 is 14.2 Å². The smallest absolute Gasteiger partial charge is 0.315 e. The molecule has 0 bridgehead atoms. The molecular formula is C12H16O3. The van der Waals surface area contributed by atoms with Crippen LogP contribution >= 0.6 is 0 Å². The normalized spacial score (nSPS) is 12.1. The molecule has 3 nitrogen and oxygen atoms in total. The first kappa shape index (κ1) is 11.8. The molecule has 15 heavy (non-hydrogen) atoms. The van der Waals surface area contributed by atoms with E-state index in [9.17, 15) is 0 Å². The summed E-state index contributed by atoms with van der Waals surface area (Å²) in [6.07, 6.45) is 1.78. The summed E-state index contributed by atoms with van der Waals surface area (Å²) in [7, 11) is 1.54. The van der Waals surface area contributed by atoms with E-state index in [0.717, 1.165) is 5.56 Å². The van der Waals surface area contributed by atoms with Crippen LogP contribution in [0.5, 0.6) is 5.75 Å². The van der Waals surface area contributed by atoms with Gasteiger partial charge < -0.3 is 14.2 Å². The van der Waals surface area contributed by atoms with Crippen molar-refractivity contribution in [2.75, 3.05) is 13.7 Å². The summed E-state index contributed by atoms with van der Waals surface area (Å²) in [6.45, 7) is 5.46. The standard InChI is InChI=1S/C12H16O3/c1-4-10-6-8-11(9-7-10)15-12(13-3)14-5-2/h4,6-9,12H,1,5H2,2-3H3. The summed E-state index contributed by atoms with van der Waals surface area (Å²) < 4.78 is 15.6. The fraction of sp³-hybridized carbons (Fsp3) is 0.333. The molecule has 0 aliphatic carbocycles. The number of ether oxygens (including phenoxy) is 3. The van der Waals surface area contributed by atoms with Crippen LogP contribution in [0.3, 0.4) is 0 Å². The fourth-order valence-electron chi connectivity index (χ4n) is 1.08. The highest BCUT2D eigenvalue weighted by Gasteiger charge is 2.07. The van der Waals surface area contributed by atoms with Gasteiger partial charge in [0.15, 0.2) is 0 Å². The molecule has 0 amide bonds. The van der Waals surface area contributed by atoms with Crippen molar-refractivity contribution in [3.63, 3.8) is 0 Å². The van der Waals surface area contributed by atoms with Crippen molar-refractivity contribution in [3.05, 3.63) is 36.4 Å². The SMILES string of the molecule is C=Cc1ccc(OC(OC)OCC)cc1. The van der Waals surface area contributed by atoms with Crippen LogP contribution in [0.25, 0.3) is 6.08 Å². The van der Waals surface area contributed by atoms with Crippen LogP contribution in [0.4, 0.5) is 0 Å². The summed E-state index contributed by atoms with van der Waals surface area (Å²) in [5, 5.41) is 0. The average Bonchev–Trinajstić information content (AvgIpc) is 2.29. The Labute approximate surface area is 90.3 Å². The Bertz CT molecular complexity index is 292. The molecule has 0 saturated carbocycles. The molecule has 82 valence electrons. The van der Waals surface area contributed by atoms with E-state index in [2.05, 4.69) is 6.58 Å². The maximum atomic E-state index is 5.42. The number of hydrogen-bond acceptors (Lipinski definition) is 3. The van der Waals surface area contributed by atoms with Gasteiger partial charge in [0.2, 0.25) is 0 Å². The van der Waals surface area contributed by atoms with Crippen LogP contribution in [-0.4, -0.2) is 20.2 Å². The molecule has 1 unspecified atom stereocenters. The summed E-state index contributed by atoms with van der Waals surface area (Å²) >= 11 is 0. The van der Waals surface area contributed by atoms with E-state index in [1.165, 1.54) is 0 Å². The van der Waals surface area contributed by atoms with Crippen LogP contribution in [0.15, 0.2) is 30.8 Å². The molecule has 1 aromatic carbocycles. The molecule has 0 radical (unpaired) electrons. The highest BCUT2D eigenvalue weighted by atomic mass is 16.8. The maximum absolute atomic E-state index is 5.42. The van der Waals surface area contributed by atoms with Gasteiger partial charge in [-0.1, -0.05) is 24.8 Å². The van der Waals surface area contributed by atoms with E-state index in [1.807, 2.05) is 31.2 Å². The highest BCUT2D eigenvalue weighted by Crippen LogP contribution is 2.15. The Morgan fingerprint density at radius 1 is 1.33 bits per heavy atom. The van der Waals surface area contributed by atoms with Crippen molar-refractivity contribution in [2.45, 2.75) is 13.4 Å². The van der Waals surface area contributed by atoms with Gasteiger partial charge in [-0.15, -0.1) is 0 Å². The molecule has 0 spiro atoms. The molecule has 0 N–H and O–H groups in total. The van der Waals surface area contributed by atoms with E-state index >= 15 is 0 Å². The zero-order valence-corrected chi connectivity index (χ0v) is 9.10. The zero-order chi connectivity index (χ0) is 11.1. The lowest BCUT2D eigenvalue weighted by molar-refractivity contribution is -0.231. The van der Waals surface area contributed by atoms with Crippen LogP contribution in [0.1, 0.15) is 12.5 Å². The Balaban J connectivity index is 2.58. The van der Waals surface area contributed by atoms with Gasteiger partial charge in [-0.3, -0.25) is 0 Å². The Morgan fingerprint density at radius 2 is 2.00 bits per heavy atom. The minimum atomic E-state index is -0.649. The third kappa shape index (κ3) is 3.73. The lowest BCUT2D eigenvalue weighted by atomic mass is 10.2. The Kier molecular flexibility index (Phi) is 4.87. The second-order valence-corrected chi connectivity index (χ2v) is 2.87. The van der Waals surface area contributed by atoms with Crippen LogP contribution in [0, 0.1) is 0 Å². The molecule has 3 heteroatoms. The van der Waals surface area contributed by atoms with Crippen LogP contribution in [-0.2, 0) is 9.47 Å². The molecule has 0 fully saturated rings. The molecule has 0 aliphatic rings. The van der Waals surface area contributed by atoms with Crippen molar-refractivity contribution >= 4 is 6.08 Å². The van der Waals surface area contributed by atoms with Gasteiger partial charge in [-0.25, -0.2) is 0 Å². The predicted octanol–water partition coefficient (Wildman–Crippen LogP) is 2.67. The van der Waals surface area contributed by atoms with E-state index in [4.69, 9.17) is 14.2 Å². The minimum absolute atomic E-state index is 0.545. The van der Waals surface area contributed by atoms with Gasteiger partial charge in [0.1, 0.15) is 5.75 Å². The van der Waals surface area contributed by atoms with E-state index in [-0.39, 0.29) is 0 Å². The third-order valence-corrected chi connectivity index (χ3v) is 1.84. The van der Waals surface area contributed by atoms with Gasteiger partial charge >= 0.3 is 6.48 Å². The third-order valence-electron chi connectivity index (χ3n) is 1.84. The first-order chi connectivity index (χ1) is 7.30. The summed E-state index contributed by atoms with van der Waals surface area (Å²) in [5.41, 5.74) is 1.05. The van der Waals surface area contributed by atoms with Gasteiger partial charge in [-0.05, 0) is 24.6 Å². The predicted molar refractivity (Wildman–Crippen MR) is 59.6 cm³/mol. The zero-order valence-electron chi connectivity index (χ0n) is 9.10. The molecule has 1 aromatic rings. The molecule has 1 atom stereocenters. The van der Waals surface area contributed by atoms with Crippen molar-refractivity contribution in [3.8, 4) is 5.75 Å². The van der Waals surface area contributed by atoms with Crippen molar-refractivity contribution in [1.29, 1.82) is 0 Å². The quantitative estimate of drug-likeness (QED) is 0.673. The van der Waals surface area contributed by atoms with Crippen molar-refractivity contribution in [2.24, 2.45) is 0 Å². The first-order valence-electron chi connectivity index (χ1n) is 4.83. The Morgan fingerprint density at radius 3 is 2.47 bits per heavy atom. The van der Waals surface area contributed by atoms with Gasteiger partial charge in [-0.2, -0.15) is 0 Å². The molecular weight excluding hydrogens is 192 g/mol. The van der Waals surface area contributed by atoms with E-state index in [1.54, 1.807) is 13.2 Å². The number of rotatable bonds is 6. The molecule has 0 heterocycles. The van der Waals surface area contributed by atoms with Gasteiger partial charge in [0.05, 0.1) is 6.61 Å². The van der Waals surface area contributed by atoms with Gasteiger partial charge in [0.25, 0.3) is 0 Å². The van der Waals surface area contributed by atoms with E-state index in [0.29, 0.717) is 12.4 Å². The monoisotopic (exact) mass is 208 g/mol. The second kappa shape index (κ2) is 6.22. The lowest BCUT2D eigenvalue weighted by Crippen LogP contribution is -2.22. The summed E-state index contributed by atoms with van der Waals surface area (Å²) in [5.74, 6) is 0.709. The minimum Gasteiger partial charge on any atom is -0.441 e. The lowest BCUT2D eigenvalue weighted by Gasteiger charge is -2.16. The maximum Gasteiger partial charge on any atom is 0.315 e. The number of hydrogen-bond donors (Lipinski definition) is 0. The summed E-state index contributed by atoms with van der Waals surface area (Å²) in [6, 6.07) is 7.53. The second-order valence-electron chi connectivity index (χ2n) is 2.87. The molecule has 0 saturated heterocycles. The first-order valence-corrected chi connectivity index (χ1v) is 4.83. The molecule has 0 aliphatic heterocycles. The Hall–Kier alpha value is -1.32. The number of methoxy groups -OCH3 is 1. The number of benzene rings is 1. The molecule has 1 rings (SSSR count). The topological polar surface area (TPSA) is 27.7 Å². The largest absolute Gasteiger partial charge is 0.441 e. The van der Waals surface area contributed by atoms with E-state index < -0.39 is 6.48 Å². The van der Waals surface area contributed by atoms with Crippen molar-refractivity contribution in [1.82, 2.24) is 0 Å². The van der Waals surface area contributed by atoms with Crippen LogP contribution < -0.4 is 4.74 Å².